The van der Waals surface area contributed by atoms with E-state index in [4.69, 9.17) is 23.3 Å². The summed E-state index contributed by atoms with van der Waals surface area (Å²) in [4.78, 5) is 30.0. The molecule has 9 nitrogen and oxygen atoms in total. The van der Waals surface area contributed by atoms with Crippen molar-refractivity contribution in [3.05, 3.63) is 82.9 Å². The highest BCUT2D eigenvalue weighted by Gasteiger charge is 2.18. The second-order valence-corrected chi connectivity index (χ2v) is 9.51. The number of hydrazine groups is 1. The van der Waals surface area contributed by atoms with E-state index in [0.717, 1.165) is 18.4 Å². The molecule has 1 atom stereocenters. The van der Waals surface area contributed by atoms with Crippen LogP contribution in [0.3, 0.4) is 0 Å². The molecule has 4 rings (SSSR count). The Hall–Kier alpha value is -4.28. The number of nitrogens with zero attached hydrogens (tertiary/aromatic N) is 3. The zero-order chi connectivity index (χ0) is 27.8. The van der Waals surface area contributed by atoms with Crippen LogP contribution < -0.4 is 27.3 Å². The fraction of sp³-hybridized carbons (Fsp3) is 0.214. The smallest absolute Gasteiger partial charge is 0.244 e. The molecule has 39 heavy (non-hydrogen) atoms. The van der Waals surface area contributed by atoms with E-state index in [9.17, 15) is 14.0 Å². The molecule has 2 aromatic carbocycles. The van der Waals surface area contributed by atoms with Crippen molar-refractivity contribution < 1.29 is 14.0 Å². The van der Waals surface area contributed by atoms with E-state index in [1.54, 1.807) is 42.6 Å². The normalized spacial score (nSPS) is 16.1. The third-order valence-corrected chi connectivity index (χ3v) is 6.53. The van der Waals surface area contributed by atoms with E-state index >= 15 is 0 Å². The lowest BCUT2D eigenvalue weighted by Gasteiger charge is -2.19. The molecule has 0 unspecified atom stereocenters. The summed E-state index contributed by atoms with van der Waals surface area (Å²) in [5.41, 5.74) is 3.61. The molecule has 0 fully saturated rings. The Bertz CT molecular complexity index is 1410. The van der Waals surface area contributed by atoms with Crippen LogP contribution in [0.1, 0.15) is 49.4 Å². The van der Waals surface area contributed by atoms with Crippen LogP contribution in [0.15, 0.2) is 65.9 Å². The van der Waals surface area contributed by atoms with Crippen molar-refractivity contribution in [3.63, 3.8) is 0 Å². The molecule has 0 saturated carbocycles. The molecule has 0 saturated heterocycles. The Morgan fingerprint density at radius 1 is 1.18 bits per heavy atom. The topological polar surface area (TPSA) is 139 Å². The van der Waals surface area contributed by atoms with Gasteiger partial charge in [0.1, 0.15) is 12.2 Å². The molecule has 3 aromatic rings. The van der Waals surface area contributed by atoms with Gasteiger partial charge in [-0.05, 0) is 73.0 Å². The minimum absolute atomic E-state index is 0.167. The van der Waals surface area contributed by atoms with Gasteiger partial charge in [-0.25, -0.2) is 10.2 Å². The third kappa shape index (κ3) is 7.40. The summed E-state index contributed by atoms with van der Waals surface area (Å²) in [5.74, 6) is 10.2. The molecule has 6 N–H and O–H groups in total. The average molecular weight is 550 g/mol. The Morgan fingerprint density at radius 2 is 2.03 bits per heavy atom. The summed E-state index contributed by atoms with van der Waals surface area (Å²) >= 11 is 6.15. The van der Waals surface area contributed by atoms with Crippen LogP contribution in [-0.4, -0.2) is 23.1 Å². The van der Waals surface area contributed by atoms with Crippen LogP contribution in [0.25, 0.3) is 17.2 Å². The Labute approximate surface area is 230 Å². The number of halogens is 2. The highest BCUT2D eigenvalue weighted by Crippen LogP contribution is 2.32. The van der Waals surface area contributed by atoms with Crippen molar-refractivity contribution >= 4 is 47.2 Å². The number of hydrogen-bond donors (Lipinski definition) is 4. The molecular formula is C28H29ClFN7O2. The summed E-state index contributed by atoms with van der Waals surface area (Å²) in [7, 11) is 0. The van der Waals surface area contributed by atoms with E-state index in [1.807, 2.05) is 6.07 Å². The Morgan fingerprint density at radius 3 is 2.85 bits per heavy atom. The van der Waals surface area contributed by atoms with Gasteiger partial charge in [0.2, 0.25) is 11.8 Å². The Balaban J connectivity index is 1.61. The number of aromatic nitrogens is 1. The maximum Gasteiger partial charge on any atom is 0.244 e. The number of nitrogens with one attached hydrogen (secondary N) is 2. The van der Waals surface area contributed by atoms with Gasteiger partial charge in [0, 0.05) is 34.8 Å². The Kier molecular flexibility index (Phi) is 9.24. The maximum atomic E-state index is 14.0. The average Bonchev–Trinajstić information content (AvgIpc) is 2.91. The lowest BCUT2D eigenvalue weighted by Crippen LogP contribution is -2.30. The molecule has 1 aliphatic rings. The molecule has 2 amide bonds. The molecule has 0 aliphatic carbocycles. The number of hydrogen-bond acceptors (Lipinski definition) is 6. The molecule has 11 heteroatoms. The zero-order valence-electron chi connectivity index (χ0n) is 21.1. The summed E-state index contributed by atoms with van der Waals surface area (Å²) in [5, 5.41) is 11.0. The summed E-state index contributed by atoms with van der Waals surface area (Å²) in [6, 6.07) is 12.6. The summed E-state index contributed by atoms with van der Waals surface area (Å²) < 4.78 is 14.0. The first kappa shape index (κ1) is 27.7. The number of pyridine rings is 1. The van der Waals surface area contributed by atoms with E-state index in [2.05, 4.69) is 20.7 Å². The van der Waals surface area contributed by atoms with Gasteiger partial charge in [-0.2, -0.15) is 5.10 Å². The number of benzene rings is 2. The molecule has 202 valence electrons. The first-order valence-corrected chi connectivity index (χ1v) is 12.8. The second-order valence-electron chi connectivity index (χ2n) is 9.08. The number of carbonyl (C=O) groups excluding carboxylic acids is 2. The van der Waals surface area contributed by atoms with Gasteiger partial charge in [-0.3, -0.25) is 19.6 Å². The van der Waals surface area contributed by atoms with Gasteiger partial charge >= 0.3 is 0 Å². The SMILES string of the molecule is N/N=C\N(N)c1ccc(Cl)cc1/C=C/C(=O)N[C@H]1CCCCCC(=O)Nc2cc(F)ccc2-c2ccnc1c2. The molecule has 2 heterocycles. The molecule has 1 aromatic heterocycles. The fourth-order valence-electron chi connectivity index (χ4n) is 4.41. The number of rotatable bonds is 5. The van der Waals surface area contributed by atoms with Gasteiger partial charge in [0.05, 0.1) is 23.1 Å². The standard InChI is InChI=1S/C28H29ClFN7O2/c29-20-7-10-26(37(32)17-34-31)19(14-20)6-11-28(39)35-23-4-2-1-3-5-27(38)36-24-16-21(30)8-9-22(24)18-12-13-33-25(23)15-18/h6-17,23H,1-5,31-32H2,(H,35,39)(H,36,38)/b11-6+,34-17-/t23-/m0/s1. The van der Waals surface area contributed by atoms with Gasteiger partial charge in [-0.15, -0.1) is 0 Å². The second kappa shape index (κ2) is 13.0. The van der Waals surface area contributed by atoms with Gasteiger partial charge in [0.15, 0.2) is 0 Å². The summed E-state index contributed by atoms with van der Waals surface area (Å²) in [6.45, 7) is 0. The number of amides is 2. The zero-order valence-corrected chi connectivity index (χ0v) is 21.9. The van der Waals surface area contributed by atoms with E-state index in [-0.39, 0.29) is 17.9 Å². The number of hydrazone groups is 1. The lowest BCUT2D eigenvalue weighted by molar-refractivity contribution is -0.117. The van der Waals surface area contributed by atoms with Crippen LogP contribution in [0.4, 0.5) is 15.8 Å². The van der Waals surface area contributed by atoms with E-state index in [0.29, 0.717) is 52.5 Å². The van der Waals surface area contributed by atoms with Gasteiger partial charge in [-0.1, -0.05) is 24.4 Å². The summed E-state index contributed by atoms with van der Waals surface area (Å²) in [6.07, 6.45) is 9.05. The first-order chi connectivity index (χ1) is 18.8. The molecule has 1 aliphatic heterocycles. The van der Waals surface area contributed by atoms with Crippen molar-refractivity contribution in [1.29, 1.82) is 0 Å². The largest absolute Gasteiger partial charge is 0.344 e. The highest BCUT2D eigenvalue weighted by molar-refractivity contribution is 6.30. The van der Waals surface area contributed by atoms with Gasteiger partial charge in [0.25, 0.3) is 0 Å². The van der Waals surface area contributed by atoms with Crippen LogP contribution in [0.5, 0.6) is 0 Å². The van der Waals surface area contributed by atoms with Crippen molar-refractivity contribution in [3.8, 4) is 11.1 Å². The quantitative estimate of drug-likeness (QED) is 0.117. The fourth-order valence-corrected chi connectivity index (χ4v) is 4.59. The van der Waals surface area contributed by atoms with Crippen LogP contribution in [0, 0.1) is 5.82 Å². The van der Waals surface area contributed by atoms with E-state index < -0.39 is 5.82 Å². The molecular weight excluding hydrogens is 521 g/mol. The number of nitrogens with two attached hydrogens (primary N) is 2. The van der Waals surface area contributed by atoms with E-state index in [1.165, 1.54) is 29.6 Å². The van der Waals surface area contributed by atoms with Crippen molar-refractivity contribution in [2.45, 2.75) is 38.1 Å². The number of fused-ring (bicyclic) bond motifs is 4. The lowest BCUT2D eigenvalue weighted by atomic mass is 9.99. The van der Waals surface area contributed by atoms with Crippen molar-refractivity contribution in [1.82, 2.24) is 10.3 Å². The van der Waals surface area contributed by atoms with Crippen molar-refractivity contribution in [2.75, 3.05) is 10.3 Å². The number of anilines is 2. The minimum Gasteiger partial charge on any atom is -0.344 e. The van der Waals surface area contributed by atoms with Crippen molar-refractivity contribution in [2.24, 2.45) is 16.8 Å². The highest BCUT2D eigenvalue weighted by atomic mass is 35.5. The molecule has 2 bridgehead atoms. The van der Waals surface area contributed by atoms with Crippen LogP contribution in [0.2, 0.25) is 5.02 Å². The first-order valence-electron chi connectivity index (χ1n) is 12.4. The minimum atomic E-state index is -0.444. The van der Waals surface area contributed by atoms with Crippen LogP contribution in [-0.2, 0) is 9.59 Å². The van der Waals surface area contributed by atoms with Crippen LogP contribution >= 0.6 is 11.6 Å². The number of carbonyl (C=O) groups is 2. The molecule has 0 spiro atoms. The van der Waals surface area contributed by atoms with Gasteiger partial charge < -0.3 is 16.5 Å². The maximum absolute atomic E-state index is 14.0. The monoisotopic (exact) mass is 549 g/mol. The third-order valence-electron chi connectivity index (χ3n) is 6.29. The predicted octanol–water partition coefficient (Wildman–Crippen LogP) is 4.90. The molecule has 0 radical (unpaired) electrons. The predicted molar refractivity (Wildman–Crippen MR) is 152 cm³/mol.